The van der Waals surface area contributed by atoms with Crippen LogP contribution in [0.25, 0.3) is 0 Å². The molecule has 60 valence electrons. The second kappa shape index (κ2) is 4.13. The molecule has 1 aromatic rings. The fraction of sp³-hybridized carbons (Fsp3) is 0.143. The normalized spacial score (nSPS) is 9.82. The van der Waals surface area contributed by atoms with Gasteiger partial charge in [-0.25, -0.2) is 0 Å². The summed E-state index contributed by atoms with van der Waals surface area (Å²) < 4.78 is 7.21. The molecular formula is C7H5ClI2O. The molecule has 0 fully saturated rings. The second-order valence-electron chi connectivity index (χ2n) is 1.88. The van der Waals surface area contributed by atoms with Crippen LogP contribution in [-0.2, 0) is 0 Å². The van der Waals surface area contributed by atoms with E-state index in [0.717, 1.165) is 17.9 Å². The van der Waals surface area contributed by atoms with Gasteiger partial charge in [-0.05, 0) is 57.3 Å². The van der Waals surface area contributed by atoms with Gasteiger partial charge in [0, 0.05) is 0 Å². The molecule has 0 aliphatic carbocycles. The maximum absolute atomic E-state index is 5.87. The van der Waals surface area contributed by atoms with Gasteiger partial charge < -0.3 is 4.74 Å². The highest BCUT2D eigenvalue weighted by Gasteiger charge is 2.07. The first-order valence-electron chi connectivity index (χ1n) is 2.84. The van der Waals surface area contributed by atoms with Gasteiger partial charge in [-0.2, -0.15) is 0 Å². The molecule has 1 rings (SSSR count). The lowest BCUT2D eigenvalue weighted by Gasteiger charge is -2.06. The van der Waals surface area contributed by atoms with Crippen LogP contribution in [0.4, 0.5) is 0 Å². The molecule has 0 bridgehead atoms. The number of benzene rings is 1. The molecule has 0 heterocycles. The van der Waals surface area contributed by atoms with E-state index in [0.29, 0.717) is 0 Å². The van der Waals surface area contributed by atoms with Crippen molar-refractivity contribution in [2.45, 2.75) is 0 Å². The summed E-state index contributed by atoms with van der Waals surface area (Å²) >= 11 is 10.3. The third-order valence-electron chi connectivity index (χ3n) is 1.21. The number of hydrogen-bond acceptors (Lipinski definition) is 1. The molecule has 0 saturated heterocycles. The van der Waals surface area contributed by atoms with Crippen LogP contribution in [0.5, 0.6) is 5.75 Å². The minimum atomic E-state index is 0.739. The smallest absolute Gasteiger partial charge is 0.147 e. The molecule has 0 amide bonds. The van der Waals surface area contributed by atoms with Crippen molar-refractivity contribution in [3.05, 3.63) is 24.3 Å². The van der Waals surface area contributed by atoms with Crippen LogP contribution in [0.15, 0.2) is 12.1 Å². The lowest BCUT2D eigenvalue weighted by atomic mass is 10.3. The van der Waals surface area contributed by atoms with Crippen molar-refractivity contribution in [1.82, 2.24) is 0 Å². The zero-order chi connectivity index (χ0) is 8.43. The predicted molar refractivity (Wildman–Crippen MR) is 63.4 cm³/mol. The highest BCUT2D eigenvalue weighted by Crippen LogP contribution is 2.32. The summed E-state index contributed by atoms with van der Waals surface area (Å²) in [5.41, 5.74) is 0. The Morgan fingerprint density at radius 1 is 1.36 bits per heavy atom. The second-order valence-corrected chi connectivity index (χ2v) is 4.52. The molecule has 0 unspecified atom stereocenters. The van der Waals surface area contributed by atoms with Gasteiger partial charge in [-0.1, -0.05) is 11.6 Å². The Morgan fingerprint density at radius 2 is 2.00 bits per heavy atom. The molecule has 11 heavy (non-hydrogen) atoms. The SMILES string of the molecule is COc1c(I)ccc(Cl)c1I. The first-order valence-corrected chi connectivity index (χ1v) is 5.38. The third-order valence-corrected chi connectivity index (χ3v) is 3.76. The van der Waals surface area contributed by atoms with Gasteiger partial charge >= 0.3 is 0 Å². The van der Waals surface area contributed by atoms with Crippen molar-refractivity contribution in [1.29, 1.82) is 0 Å². The highest BCUT2D eigenvalue weighted by molar-refractivity contribution is 14.1. The van der Waals surface area contributed by atoms with Crippen molar-refractivity contribution < 1.29 is 4.74 Å². The first-order chi connectivity index (χ1) is 5.16. The van der Waals surface area contributed by atoms with Crippen LogP contribution in [-0.4, -0.2) is 7.11 Å². The van der Waals surface area contributed by atoms with E-state index < -0.39 is 0 Å². The summed E-state index contributed by atoms with van der Waals surface area (Å²) in [5, 5.41) is 0.739. The molecule has 0 radical (unpaired) electrons. The van der Waals surface area contributed by atoms with Gasteiger partial charge in [0.2, 0.25) is 0 Å². The number of rotatable bonds is 1. The van der Waals surface area contributed by atoms with Crippen molar-refractivity contribution >= 4 is 56.8 Å². The quantitative estimate of drug-likeness (QED) is 0.523. The molecule has 0 aromatic heterocycles. The molecular weight excluding hydrogens is 389 g/mol. The van der Waals surface area contributed by atoms with Gasteiger partial charge in [0.1, 0.15) is 5.75 Å². The van der Waals surface area contributed by atoms with Gasteiger partial charge in [-0.15, -0.1) is 0 Å². The van der Waals surface area contributed by atoms with Gasteiger partial charge in [0.05, 0.1) is 19.3 Å². The van der Waals surface area contributed by atoms with Gasteiger partial charge in [0.25, 0.3) is 0 Å². The fourth-order valence-corrected chi connectivity index (χ4v) is 2.72. The summed E-state index contributed by atoms with van der Waals surface area (Å²) in [6.07, 6.45) is 0. The van der Waals surface area contributed by atoms with Crippen LogP contribution in [0, 0.1) is 7.14 Å². The van der Waals surface area contributed by atoms with Crippen molar-refractivity contribution in [3.8, 4) is 5.75 Å². The minimum absolute atomic E-state index is 0.739. The third kappa shape index (κ3) is 2.12. The van der Waals surface area contributed by atoms with E-state index in [1.807, 2.05) is 12.1 Å². The Balaban J connectivity index is 3.29. The Morgan fingerprint density at radius 3 is 2.45 bits per heavy atom. The van der Waals surface area contributed by atoms with Crippen molar-refractivity contribution in [2.75, 3.05) is 7.11 Å². The summed E-state index contributed by atoms with van der Waals surface area (Å²) in [7, 11) is 1.65. The Bertz CT molecular complexity index is 275. The maximum Gasteiger partial charge on any atom is 0.147 e. The van der Waals surface area contributed by atoms with Crippen molar-refractivity contribution in [3.63, 3.8) is 0 Å². The van der Waals surface area contributed by atoms with Crippen LogP contribution < -0.4 is 4.74 Å². The van der Waals surface area contributed by atoms with Crippen LogP contribution in [0.1, 0.15) is 0 Å². The monoisotopic (exact) mass is 394 g/mol. The van der Waals surface area contributed by atoms with E-state index in [1.54, 1.807) is 7.11 Å². The fourth-order valence-electron chi connectivity index (χ4n) is 0.696. The molecule has 0 aliphatic heterocycles. The average molecular weight is 394 g/mol. The van der Waals surface area contributed by atoms with E-state index >= 15 is 0 Å². The van der Waals surface area contributed by atoms with Gasteiger partial charge in [0.15, 0.2) is 0 Å². The zero-order valence-corrected chi connectivity index (χ0v) is 10.8. The summed E-state index contributed by atoms with van der Waals surface area (Å²) in [5.74, 6) is 0.860. The molecule has 4 heteroatoms. The van der Waals surface area contributed by atoms with E-state index in [9.17, 15) is 0 Å². The minimum Gasteiger partial charge on any atom is -0.494 e. The predicted octanol–water partition coefficient (Wildman–Crippen LogP) is 3.56. The lowest BCUT2D eigenvalue weighted by Crippen LogP contribution is -1.90. The number of ether oxygens (including phenoxy) is 1. The number of hydrogen-bond donors (Lipinski definition) is 0. The standard InChI is InChI=1S/C7H5ClI2O/c1-11-7-5(9)3-2-4(8)6(7)10/h2-3H,1H3. The van der Waals surface area contributed by atoms with E-state index in [1.165, 1.54) is 0 Å². The molecule has 1 aromatic carbocycles. The zero-order valence-electron chi connectivity index (χ0n) is 5.70. The molecule has 0 saturated carbocycles. The van der Waals surface area contributed by atoms with Crippen molar-refractivity contribution in [2.24, 2.45) is 0 Å². The van der Waals surface area contributed by atoms with Crippen LogP contribution in [0.2, 0.25) is 5.02 Å². The molecule has 0 N–H and O–H groups in total. The van der Waals surface area contributed by atoms with Crippen LogP contribution >= 0.6 is 56.8 Å². The molecule has 0 aliphatic rings. The van der Waals surface area contributed by atoms with Crippen LogP contribution in [0.3, 0.4) is 0 Å². The van der Waals surface area contributed by atoms with E-state index in [4.69, 9.17) is 16.3 Å². The largest absolute Gasteiger partial charge is 0.494 e. The highest BCUT2D eigenvalue weighted by atomic mass is 127. The molecule has 0 atom stereocenters. The van der Waals surface area contributed by atoms with Gasteiger partial charge in [-0.3, -0.25) is 0 Å². The molecule has 1 nitrogen and oxygen atoms in total. The Labute approximate surface area is 97.7 Å². The summed E-state index contributed by atoms with van der Waals surface area (Å²) in [4.78, 5) is 0. The summed E-state index contributed by atoms with van der Waals surface area (Å²) in [6.45, 7) is 0. The maximum atomic E-state index is 5.87. The van der Waals surface area contributed by atoms with E-state index in [-0.39, 0.29) is 0 Å². The average Bonchev–Trinajstić information content (AvgIpc) is 1.99. The lowest BCUT2D eigenvalue weighted by molar-refractivity contribution is 0.409. The van der Waals surface area contributed by atoms with E-state index in [2.05, 4.69) is 45.2 Å². The number of halogens is 3. The first kappa shape index (κ1) is 9.85. The Hall–Kier alpha value is 0.770. The summed E-state index contributed by atoms with van der Waals surface area (Å²) in [6, 6.07) is 3.80. The topological polar surface area (TPSA) is 9.23 Å². The molecule has 0 spiro atoms. The number of methoxy groups -OCH3 is 1. The Kier molecular flexibility index (Phi) is 3.70.